The molecule has 0 bridgehead atoms. The van der Waals surface area contributed by atoms with Crippen LogP contribution in [0.15, 0.2) is 18.3 Å². The third-order valence-electron chi connectivity index (χ3n) is 4.36. The van der Waals surface area contributed by atoms with Crippen molar-refractivity contribution >= 4 is 11.8 Å². The highest BCUT2D eigenvalue weighted by molar-refractivity contribution is 5.89. The van der Waals surface area contributed by atoms with Gasteiger partial charge in [-0.25, -0.2) is 9.78 Å². The van der Waals surface area contributed by atoms with E-state index in [4.69, 9.17) is 10.00 Å². The number of urea groups is 1. The summed E-state index contributed by atoms with van der Waals surface area (Å²) in [4.78, 5) is 17.9. The van der Waals surface area contributed by atoms with Gasteiger partial charge in [0.25, 0.3) is 0 Å². The molecule has 3 heterocycles. The Balaban J connectivity index is 1.62. The van der Waals surface area contributed by atoms with E-state index < -0.39 is 17.9 Å². The maximum atomic E-state index is 12.9. The van der Waals surface area contributed by atoms with Crippen LogP contribution < -0.4 is 10.1 Å². The molecule has 1 N–H and O–H groups in total. The lowest BCUT2D eigenvalue weighted by Gasteiger charge is -2.18. The summed E-state index contributed by atoms with van der Waals surface area (Å²) in [6.07, 6.45) is -2.96. The molecule has 2 amide bonds. The fraction of sp³-hybridized carbons (Fsp3) is 0.412. The lowest BCUT2D eigenvalue weighted by atomic mass is 10.2. The van der Waals surface area contributed by atoms with Crippen LogP contribution in [0.2, 0.25) is 0 Å². The Kier molecular flexibility index (Phi) is 5.13. The van der Waals surface area contributed by atoms with Gasteiger partial charge in [-0.2, -0.15) is 23.5 Å². The summed E-state index contributed by atoms with van der Waals surface area (Å²) in [5.74, 6) is 0.332. The van der Waals surface area contributed by atoms with E-state index in [1.807, 2.05) is 6.07 Å². The number of hydrogen-bond donors (Lipinski definition) is 1. The highest BCUT2D eigenvalue weighted by Crippen LogP contribution is 2.33. The van der Waals surface area contributed by atoms with Crippen molar-refractivity contribution in [1.82, 2.24) is 19.7 Å². The number of pyridine rings is 1. The quantitative estimate of drug-likeness (QED) is 0.864. The number of rotatable bonds is 3. The van der Waals surface area contributed by atoms with Crippen LogP contribution in [-0.4, -0.2) is 44.9 Å². The SMILES string of the molecule is Cc1c(C(F)(F)F)nn(C)c1NC(=O)N1CCC(Oc2ccc(C#N)cn2)C1. The molecule has 2 aromatic heterocycles. The molecule has 0 spiro atoms. The summed E-state index contributed by atoms with van der Waals surface area (Å²) in [6.45, 7) is 1.91. The van der Waals surface area contributed by atoms with E-state index in [1.165, 1.54) is 25.1 Å². The molecular formula is C17H17F3N6O2. The predicted octanol–water partition coefficient (Wildman–Crippen LogP) is 2.70. The fourth-order valence-corrected chi connectivity index (χ4v) is 2.95. The Labute approximate surface area is 158 Å². The third-order valence-corrected chi connectivity index (χ3v) is 4.36. The second-order valence-electron chi connectivity index (χ2n) is 6.35. The maximum absolute atomic E-state index is 12.9. The Bertz CT molecular complexity index is 917. The number of aryl methyl sites for hydroxylation is 1. The average Bonchev–Trinajstić information content (AvgIpc) is 3.22. The zero-order valence-corrected chi connectivity index (χ0v) is 15.1. The number of halogens is 3. The first kappa shape index (κ1) is 19.5. The molecule has 0 radical (unpaired) electrons. The van der Waals surface area contributed by atoms with E-state index in [-0.39, 0.29) is 24.0 Å². The summed E-state index contributed by atoms with van der Waals surface area (Å²) in [5, 5.41) is 14.7. The van der Waals surface area contributed by atoms with Crippen LogP contribution in [0, 0.1) is 18.3 Å². The van der Waals surface area contributed by atoms with Gasteiger partial charge in [0.1, 0.15) is 18.0 Å². The molecule has 2 aromatic rings. The van der Waals surface area contributed by atoms with Crippen LogP contribution in [0.25, 0.3) is 0 Å². The number of nitrogens with zero attached hydrogens (tertiary/aromatic N) is 5. The minimum Gasteiger partial charge on any atom is -0.472 e. The second-order valence-corrected chi connectivity index (χ2v) is 6.35. The molecule has 0 aliphatic carbocycles. The molecule has 1 aliphatic rings. The van der Waals surface area contributed by atoms with Crippen LogP contribution in [0.3, 0.4) is 0 Å². The topological polar surface area (TPSA) is 96.1 Å². The molecule has 11 heteroatoms. The van der Waals surface area contributed by atoms with Crippen LogP contribution in [0.1, 0.15) is 23.2 Å². The van der Waals surface area contributed by atoms with E-state index >= 15 is 0 Å². The number of aromatic nitrogens is 3. The van der Waals surface area contributed by atoms with Gasteiger partial charge >= 0.3 is 12.2 Å². The maximum Gasteiger partial charge on any atom is 0.435 e. The first-order valence-corrected chi connectivity index (χ1v) is 8.38. The first-order valence-electron chi connectivity index (χ1n) is 8.38. The van der Waals surface area contributed by atoms with Crippen molar-refractivity contribution in [1.29, 1.82) is 5.26 Å². The van der Waals surface area contributed by atoms with Crippen LogP contribution in [0.4, 0.5) is 23.8 Å². The van der Waals surface area contributed by atoms with Crippen LogP contribution >= 0.6 is 0 Å². The van der Waals surface area contributed by atoms with Gasteiger partial charge in [-0.15, -0.1) is 0 Å². The van der Waals surface area contributed by atoms with E-state index in [1.54, 1.807) is 12.1 Å². The van der Waals surface area contributed by atoms with E-state index in [9.17, 15) is 18.0 Å². The van der Waals surface area contributed by atoms with Gasteiger partial charge in [-0.1, -0.05) is 0 Å². The normalized spacial score (nSPS) is 16.7. The second kappa shape index (κ2) is 7.38. The van der Waals surface area contributed by atoms with E-state index in [0.717, 1.165) is 4.68 Å². The molecule has 0 aromatic carbocycles. The Morgan fingerprint density at radius 1 is 1.43 bits per heavy atom. The lowest BCUT2D eigenvalue weighted by Crippen LogP contribution is -2.35. The van der Waals surface area contributed by atoms with Gasteiger partial charge in [0.2, 0.25) is 5.88 Å². The standard InChI is InChI=1S/C17H17F3N6O2/c1-10-14(17(18,19)20)24-25(2)15(10)23-16(27)26-6-5-12(9-26)28-13-4-3-11(7-21)8-22-13/h3-4,8,12H,5-6,9H2,1-2H3,(H,23,27). The highest BCUT2D eigenvalue weighted by atomic mass is 19.4. The van der Waals surface area contributed by atoms with Crippen molar-refractivity contribution < 1.29 is 22.7 Å². The molecule has 1 atom stereocenters. The Morgan fingerprint density at radius 2 is 2.18 bits per heavy atom. The van der Waals surface area contributed by atoms with Crippen molar-refractivity contribution in [3.63, 3.8) is 0 Å². The van der Waals surface area contributed by atoms with Crippen LogP contribution in [0.5, 0.6) is 5.88 Å². The number of carbonyl (C=O) groups is 1. The van der Waals surface area contributed by atoms with Crippen LogP contribution in [-0.2, 0) is 13.2 Å². The smallest absolute Gasteiger partial charge is 0.435 e. The zero-order chi connectivity index (χ0) is 20.5. The van der Waals surface area contributed by atoms with Crippen molar-refractivity contribution in [3.05, 3.63) is 35.2 Å². The number of amides is 2. The predicted molar refractivity (Wildman–Crippen MR) is 91.5 cm³/mol. The number of hydrogen-bond acceptors (Lipinski definition) is 5. The summed E-state index contributed by atoms with van der Waals surface area (Å²) in [7, 11) is 1.34. The molecule has 148 valence electrons. The number of alkyl halides is 3. The monoisotopic (exact) mass is 394 g/mol. The molecule has 1 saturated heterocycles. The van der Waals surface area contributed by atoms with E-state index in [2.05, 4.69) is 15.4 Å². The van der Waals surface area contributed by atoms with E-state index in [0.29, 0.717) is 24.4 Å². The van der Waals surface area contributed by atoms with Crippen molar-refractivity contribution in [3.8, 4) is 11.9 Å². The fourth-order valence-electron chi connectivity index (χ4n) is 2.95. The molecule has 8 nitrogen and oxygen atoms in total. The molecule has 0 saturated carbocycles. The zero-order valence-electron chi connectivity index (χ0n) is 15.1. The minimum absolute atomic E-state index is 0.00421. The molecule has 28 heavy (non-hydrogen) atoms. The average molecular weight is 394 g/mol. The lowest BCUT2D eigenvalue weighted by molar-refractivity contribution is -0.141. The number of nitriles is 1. The van der Waals surface area contributed by atoms with Gasteiger partial charge in [-0.3, -0.25) is 10.00 Å². The van der Waals surface area contributed by atoms with Crippen molar-refractivity contribution in [2.45, 2.75) is 25.6 Å². The Hall–Kier alpha value is -3.29. The molecule has 1 aliphatic heterocycles. The molecular weight excluding hydrogens is 377 g/mol. The molecule has 3 rings (SSSR count). The number of anilines is 1. The number of likely N-dealkylation sites (tertiary alicyclic amines) is 1. The summed E-state index contributed by atoms with van der Waals surface area (Å²) >= 11 is 0. The van der Waals surface area contributed by atoms with Gasteiger partial charge in [0.05, 0.1) is 12.1 Å². The van der Waals surface area contributed by atoms with Gasteiger partial charge in [0.15, 0.2) is 5.69 Å². The number of nitrogens with one attached hydrogen (secondary N) is 1. The van der Waals surface area contributed by atoms with Crippen molar-refractivity contribution in [2.24, 2.45) is 7.05 Å². The number of carbonyl (C=O) groups excluding carboxylic acids is 1. The van der Waals surface area contributed by atoms with Gasteiger partial charge < -0.3 is 9.64 Å². The minimum atomic E-state index is -4.59. The summed E-state index contributed by atoms with van der Waals surface area (Å²) < 4.78 is 45.5. The number of ether oxygens (including phenoxy) is 1. The van der Waals surface area contributed by atoms with Crippen molar-refractivity contribution in [2.75, 3.05) is 18.4 Å². The van der Waals surface area contributed by atoms with Gasteiger partial charge in [0, 0.05) is 37.8 Å². The molecule has 1 unspecified atom stereocenters. The Morgan fingerprint density at radius 3 is 2.75 bits per heavy atom. The summed E-state index contributed by atoms with van der Waals surface area (Å²) in [5.41, 5.74) is -0.762. The molecule has 1 fully saturated rings. The van der Waals surface area contributed by atoms with Gasteiger partial charge in [-0.05, 0) is 13.0 Å². The summed E-state index contributed by atoms with van der Waals surface area (Å²) in [6, 6.07) is 4.57. The highest BCUT2D eigenvalue weighted by Gasteiger charge is 2.38. The first-order chi connectivity index (χ1) is 13.2. The third kappa shape index (κ3) is 4.00. The largest absolute Gasteiger partial charge is 0.472 e.